The minimum atomic E-state index is -0.120. The standard InChI is InChI=1S/C14H15N3O/c15-8-5-11-3-1-2-4-13(11)14(18)17-12-6-9-16-10-7-12/h1-4,6-7,9-10H,5,8,15H2,(H,16,17,18). The van der Waals surface area contributed by atoms with Crippen molar-refractivity contribution in [2.75, 3.05) is 11.9 Å². The maximum atomic E-state index is 12.1. The molecule has 0 spiro atoms. The summed E-state index contributed by atoms with van der Waals surface area (Å²) in [6.45, 7) is 0.527. The van der Waals surface area contributed by atoms with E-state index in [9.17, 15) is 4.79 Å². The first kappa shape index (κ1) is 12.3. The summed E-state index contributed by atoms with van der Waals surface area (Å²) < 4.78 is 0. The number of rotatable bonds is 4. The second-order valence-corrected chi connectivity index (χ2v) is 3.89. The average molecular weight is 241 g/mol. The Balaban J connectivity index is 2.19. The molecule has 1 heterocycles. The third kappa shape index (κ3) is 2.93. The van der Waals surface area contributed by atoms with E-state index < -0.39 is 0 Å². The number of anilines is 1. The van der Waals surface area contributed by atoms with Crippen molar-refractivity contribution in [3.63, 3.8) is 0 Å². The van der Waals surface area contributed by atoms with E-state index >= 15 is 0 Å². The average Bonchev–Trinajstić information content (AvgIpc) is 2.41. The van der Waals surface area contributed by atoms with Crippen LogP contribution in [0.25, 0.3) is 0 Å². The highest BCUT2D eigenvalue weighted by atomic mass is 16.1. The zero-order valence-electron chi connectivity index (χ0n) is 9.97. The molecule has 4 nitrogen and oxygen atoms in total. The second kappa shape index (κ2) is 5.93. The summed E-state index contributed by atoms with van der Waals surface area (Å²) in [5.41, 5.74) is 7.91. The number of aromatic nitrogens is 1. The van der Waals surface area contributed by atoms with Crippen LogP contribution in [-0.4, -0.2) is 17.4 Å². The Morgan fingerprint density at radius 3 is 2.61 bits per heavy atom. The molecule has 0 saturated heterocycles. The SMILES string of the molecule is NCCc1ccccc1C(=O)Nc1ccncc1. The van der Waals surface area contributed by atoms with Crippen molar-refractivity contribution in [1.82, 2.24) is 4.98 Å². The lowest BCUT2D eigenvalue weighted by atomic mass is 10.0. The predicted octanol–water partition coefficient (Wildman–Crippen LogP) is 1.84. The molecule has 18 heavy (non-hydrogen) atoms. The minimum absolute atomic E-state index is 0.120. The summed E-state index contributed by atoms with van der Waals surface area (Å²) in [5.74, 6) is -0.120. The van der Waals surface area contributed by atoms with Crippen molar-refractivity contribution in [3.05, 3.63) is 59.9 Å². The molecule has 4 heteroatoms. The van der Waals surface area contributed by atoms with Crippen molar-refractivity contribution in [3.8, 4) is 0 Å². The van der Waals surface area contributed by atoms with Gasteiger partial charge in [-0.3, -0.25) is 9.78 Å². The van der Waals surface area contributed by atoms with Gasteiger partial charge in [-0.05, 0) is 36.7 Å². The van der Waals surface area contributed by atoms with Gasteiger partial charge in [-0.2, -0.15) is 0 Å². The summed E-state index contributed by atoms with van der Waals surface area (Å²) in [4.78, 5) is 16.0. The highest BCUT2D eigenvalue weighted by Gasteiger charge is 2.10. The van der Waals surface area contributed by atoms with Crippen LogP contribution in [0, 0.1) is 0 Å². The van der Waals surface area contributed by atoms with Gasteiger partial charge in [0, 0.05) is 23.6 Å². The van der Waals surface area contributed by atoms with Crippen LogP contribution in [0.4, 0.5) is 5.69 Å². The number of nitrogens with two attached hydrogens (primary N) is 1. The summed E-state index contributed by atoms with van der Waals surface area (Å²) in [5, 5.41) is 2.84. The topological polar surface area (TPSA) is 68.0 Å². The largest absolute Gasteiger partial charge is 0.330 e. The van der Waals surface area contributed by atoms with Crippen molar-refractivity contribution < 1.29 is 4.79 Å². The zero-order chi connectivity index (χ0) is 12.8. The number of carbonyl (C=O) groups excluding carboxylic acids is 1. The predicted molar refractivity (Wildman–Crippen MR) is 71.4 cm³/mol. The molecule has 0 aliphatic rings. The Morgan fingerprint density at radius 2 is 1.89 bits per heavy atom. The van der Waals surface area contributed by atoms with Crippen LogP contribution in [0.2, 0.25) is 0 Å². The molecule has 0 fully saturated rings. The Morgan fingerprint density at radius 1 is 1.17 bits per heavy atom. The summed E-state index contributed by atoms with van der Waals surface area (Å²) >= 11 is 0. The lowest BCUT2D eigenvalue weighted by Gasteiger charge is -2.09. The Labute approximate surface area is 106 Å². The van der Waals surface area contributed by atoms with Crippen LogP contribution >= 0.6 is 0 Å². The number of nitrogens with zero attached hydrogens (tertiary/aromatic N) is 1. The number of benzene rings is 1. The van der Waals surface area contributed by atoms with E-state index in [0.717, 1.165) is 11.3 Å². The minimum Gasteiger partial charge on any atom is -0.330 e. The summed E-state index contributed by atoms with van der Waals surface area (Å²) in [7, 11) is 0. The lowest BCUT2D eigenvalue weighted by molar-refractivity contribution is 0.102. The van der Waals surface area contributed by atoms with Gasteiger partial charge in [0.15, 0.2) is 0 Å². The van der Waals surface area contributed by atoms with Gasteiger partial charge in [0.05, 0.1) is 0 Å². The van der Waals surface area contributed by atoms with Crippen LogP contribution in [-0.2, 0) is 6.42 Å². The normalized spacial score (nSPS) is 10.1. The number of hydrogen-bond acceptors (Lipinski definition) is 3. The van der Waals surface area contributed by atoms with E-state index in [4.69, 9.17) is 5.73 Å². The van der Waals surface area contributed by atoms with Crippen molar-refractivity contribution in [2.24, 2.45) is 5.73 Å². The van der Waals surface area contributed by atoms with Gasteiger partial charge in [0.2, 0.25) is 0 Å². The molecular weight excluding hydrogens is 226 g/mol. The first-order chi connectivity index (χ1) is 8.81. The Kier molecular flexibility index (Phi) is 4.04. The molecule has 3 N–H and O–H groups in total. The number of pyridine rings is 1. The van der Waals surface area contributed by atoms with Gasteiger partial charge in [-0.25, -0.2) is 0 Å². The number of amides is 1. The first-order valence-electron chi connectivity index (χ1n) is 5.80. The van der Waals surface area contributed by atoms with Crippen molar-refractivity contribution >= 4 is 11.6 Å². The molecule has 0 atom stereocenters. The van der Waals surface area contributed by atoms with Gasteiger partial charge < -0.3 is 11.1 Å². The van der Waals surface area contributed by atoms with Crippen molar-refractivity contribution in [2.45, 2.75) is 6.42 Å². The maximum Gasteiger partial charge on any atom is 0.255 e. The Bertz CT molecular complexity index is 526. The molecule has 0 unspecified atom stereocenters. The molecule has 1 amide bonds. The fourth-order valence-electron chi connectivity index (χ4n) is 1.75. The zero-order valence-corrected chi connectivity index (χ0v) is 9.97. The molecule has 92 valence electrons. The fourth-order valence-corrected chi connectivity index (χ4v) is 1.75. The van der Waals surface area contributed by atoms with E-state index in [0.29, 0.717) is 18.5 Å². The van der Waals surface area contributed by atoms with E-state index in [1.165, 1.54) is 0 Å². The van der Waals surface area contributed by atoms with Gasteiger partial charge in [0.1, 0.15) is 0 Å². The highest BCUT2D eigenvalue weighted by molar-refractivity contribution is 6.05. The van der Waals surface area contributed by atoms with Crippen LogP contribution < -0.4 is 11.1 Å². The molecule has 1 aromatic heterocycles. The van der Waals surface area contributed by atoms with Crippen molar-refractivity contribution in [1.29, 1.82) is 0 Å². The van der Waals surface area contributed by atoms with Gasteiger partial charge in [0.25, 0.3) is 5.91 Å². The van der Waals surface area contributed by atoms with Gasteiger partial charge >= 0.3 is 0 Å². The van der Waals surface area contributed by atoms with E-state index in [1.54, 1.807) is 24.5 Å². The molecule has 2 rings (SSSR count). The van der Waals surface area contributed by atoms with Gasteiger partial charge in [-0.1, -0.05) is 18.2 Å². The molecule has 0 radical (unpaired) electrons. The van der Waals surface area contributed by atoms with Crippen LogP contribution in [0.1, 0.15) is 15.9 Å². The summed E-state index contributed by atoms with van der Waals surface area (Å²) in [6.07, 6.45) is 3.97. The van der Waals surface area contributed by atoms with E-state index in [-0.39, 0.29) is 5.91 Å². The summed E-state index contributed by atoms with van der Waals surface area (Å²) in [6, 6.07) is 11.0. The van der Waals surface area contributed by atoms with E-state index in [2.05, 4.69) is 10.3 Å². The molecule has 0 aliphatic heterocycles. The fraction of sp³-hybridized carbons (Fsp3) is 0.143. The third-order valence-corrected chi connectivity index (χ3v) is 2.61. The monoisotopic (exact) mass is 241 g/mol. The first-order valence-corrected chi connectivity index (χ1v) is 5.80. The highest BCUT2D eigenvalue weighted by Crippen LogP contribution is 2.12. The van der Waals surface area contributed by atoms with E-state index in [1.807, 2.05) is 24.3 Å². The Hall–Kier alpha value is -2.20. The molecule has 0 saturated carbocycles. The number of nitrogens with one attached hydrogen (secondary N) is 1. The smallest absolute Gasteiger partial charge is 0.255 e. The van der Waals surface area contributed by atoms with Crippen LogP contribution in [0.3, 0.4) is 0 Å². The second-order valence-electron chi connectivity index (χ2n) is 3.89. The number of hydrogen-bond donors (Lipinski definition) is 2. The van der Waals surface area contributed by atoms with Crippen LogP contribution in [0.5, 0.6) is 0 Å². The molecule has 0 bridgehead atoms. The molecule has 1 aromatic carbocycles. The lowest BCUT2D eigenvalue weighted by Crippen LogP contribution is -2.15. The third-order valence-electron chi connectivity index (χ3n) is 2.61. The van der Waals surface area contributed by atoms with Crippen LogP contribution in [0.15, 0.2) is 48.8 Å². The van der Waals surface area contributed by atoms with Gasteiger partial charge in [-0.15, -0.1) is 0 Å². The number of carbonyl (C=O) groups is 1. The molecule has 2 aromatic rings. The molecule has 0 aliphatic carbocycles. The quantitative estimate of drug-likeness (QED) is 0.858. The molecular formula is C14H15N3O. The maximum absolute atomic E-state index is 12.1.